The summed E-state index contributed by atoms with van der Waals surface area (Å²) < 4.78 is 1.22. The molecular formula is C20H15N5S. The molecule has 0 saturated carbocycles. The molecule has 3 heterocycles. The third kappa shape index (κ3) is 2.34. The van der Waals surface area contributed by atoms with Gasteiger partial charge in [0.25, 0.3) is 0 Å². The molecule has 0 aliphatic rings. The Hall–Kier alpha value is -3.25. The Labute approximate surface area is 153 Å². The molecule has 5 nitrogen and oxygen atoms in total. The number of benzene rings is 2. The van der Waals surface area contributed by atoms with Crippen molar-refractivity contribution in [2.45, 2.75) is 6.92 Å². The number of para-hydroxylation sites is 2. The maximum atomic E-state index is 4.98. The zero-order valence-corrected chi connectivity index (χ0v) is 14.8. The highest BCUT2D eigenvalue weighted by Crippen LogP contribution is 2.37. The average Bonchev–Trinajstić information content (AvgIpc) is 3.35. The molecule has 0 spiro atoms. The Morgan fingerprint density at radius 3 is 2.77 bits per heavy atom. The first-order valence-electron chi connectivity index (χ1n) is 8.30. The Kier molecular flexibility index (Phi) is 3.43. The van der Waals surface area contributed by atoms with Gasteiger partial charge in [-0.25, -0.2) is 4.98 Å². The first-order chi connectivity index (χ1) is 12.8. The number of anilines is 2. The van der Waals surface area contributed by atoms with Crippen LogP contribution in [0.25, 0.3) is 32.4 Å². The minimum atomic E-state index is 0.723. The Bertz CT molecular complexity index is 1220. The van der Waals surface area contributed by atoms with Crippen molar-refractivity contribution >= 4 is 43.8 Å². The van der Waals surface area contributed by atoms with E-state index in [1.54, 1.807) is 17.7 Å². The van der Waals surface area contributed by atoms with Crippen molar-refractivity contribution in [2.24, 2.45) is 0 Å². The van der Waals surface area contributed by atoms with Gasteiger partial charge in [0.05, 0.1) is 5.52 Å². The first kappa shape index (κ1) is 15.0. The molecule has 0 aliphatic heterocycles. The smallest absolute Gasteiger partial charge is 0.163 e. The number of nitrogens with one attached hydrogen (secondary N) is 2. The minimum absolute atomic E-state index is 0.723. The maximum Gasteiger partial charge on any atom is 0.163 e. The standard InChI is InChI=1S/C20H15N5S/c1-12-5-2-3-8-16(12)23-20-15-9-10-26-18(15)13-6-4-7-14(17(13)24-20)19-21-11-22-25-19/h2-11H,1H3,(H,23,24)(H,21,22,25). The lowest BCUT2D eigenvalue weighted by Crippen LogP contribution is -1.97. The molecule has 2 N–H and O–H groups in total. The number of H-pyrrole nitrogens is 1. The highest BCUT2D eigenvalue weighted by molar-refractivity contribution is 7.18. The number of aromatic nitrogens is 4. The fourth-order valence-electron chi connectivity index (χ4n) is 3.19. The first-order valence-corrected chi connectivity index (χ1v) is 9.18. The van der Waals surface area contributed by atoms with E-state index in [0.29, 0.717) is 0 Å². The van der Waals surface area contributed by atoms with Crippen LogP contribution in [0.3, 0.4) is 0 Å². The average molecular weight is 357 g/mol. The van der Waals surface area contributed by atoms with Gasteiger partial charge in [-0.05, 0) is 36.1 Å². The van der Waals surface area contributed by atoms with Crippen LogP contribution >= 0.6 is 11.3 Å². The van der Waals surface area contributed by atoms with Crippen LogP contribution in [0.1, 0.15) is 5.56 Å². The number of thiophene rings is 1. The van der Waals surface area contributed by atoms with Gasteiger partial charge in [-0.2, -0.15) is 0 Å². The second-order valence-electron chi connectivity index (χ2n) is 6.10. The molecule has 5 rings (SSSR count). The number of nitrogens with zero attached hydrogens (tertiary/aromatic N) is 3. The molecule has 126 valence electrons. The van der Waals surface area contributed by atoms with Crippen LogP contribution in [0.5, 0.6) is 0 Å². The van der Waals surface area contributed by atoms with Crippen molar-refractivity contribution in [1.29, 1.82) is 0 Å². The van der Waals surface area contributed by atoms with Crippen LogP contribution in [-0.4, -0.2) is 20.2 Å². The fraction of sp³-hybridized carbons (Fsp3) is 0.0500. The van der Waals surface area contributed by atoms with Gasteiger partial charge in [0.1, 0.15) is 12.1 Å². The van der Waals surface area contributed by atoms with Crippen LogP contribution in [-0.2, 0) is 0 Å². The Balaban J connectivity index is 1.79. The molecule has 0 fully saturated rings. The van der Waals surface area contributed by atoms with E-state index < -0.39 is 0 Å². The largest absolute Gasteiger partial charge is 0.339 e. The summed E-state index contributed by atoms with van der Waals surface area (Å²) in [7, 11) is 0. The van der Waals surface area contributed by atoms with E-state index in [2.05, 4.69) is 57.1 Å². The molecule has 2 aromatic carbocycles. The van der Waals surface area contributed by atoms with Crippen molar-refractivity contribution in [2.75, 3.05) is 5.32 Å². The molecule has 26 heavy (non-hydrogen) atoms. The van der Waals surface area contributed by atoms with Crippen molar-refractivity contribution in [3.8, 4) is 11.4 Å². The maximum absolute atomic E-state index is 4.98. The lowest BCUT2D eigenvalue weighted by molar-refractivity contribution is 1.10. The van der Waals surface area contributed by atoms with Crippen molar-refractivity contribution < 1.29 is 0 Å². The number of aromatic amines is 1. The molecule has 5 aromatic rings. The molecule has 0 bridgehead atoms. The second kappa shape index (κ2) is 5.93. The molecule has 0 aliphatic carbocycles. The van der Waals surface area contributed by atoms with E-state index in [9.17, 15) is 0 Å². The van der Waals surface area contributed by atoms with E-state index in [1.807, 2.05) is 24.3 Å². The summed E-state index contributed by atoms with van der Waals surface area (Å²) in [5.41, 5.74) is 4.10. The van der Waals surface area contributed by atoms with Crippen molar-refractivity contribution in [1.82, 2.24) is 20.2 Å². The highest BCUT2D eigenvalue weighted by Gasteiger charge is 2.15. The summed E-state index contributed by atoms with van der Waals surface area (Å²) in [6, 6.07) is 16.5. The highest BCUT2D eigenvalue weighted by atomic mass is 32.1. The predicted octanol–water partition coefficient (Wildman–Crippen LogP) is 5.29. The fourth-order valence-corrected chi connectivity index (χ4v) is 4.11. The number of aryl methyl sites for hydroxylation is 1. The van der Waals surface area contributed by atoms with E-state index in [1.165, 1.54) is 10.3 Å². The van der Waals surface area contributed by atoms with Crippen molar-refractivity contribution in [3.63, 3.8) is 0 Å². The number of rotatable bonds is 3. The molecule has 0 amide bonds. The second-order valence-corrected chi connectivity index (χ2v) is 7.02. The zero-order valence-electron chi connectivity index (χ0n) is 14.0. The summed E-state index contributed by atoms with van der Waals surface area (Å²) >= 11 is 1.73. The molecule has 0 atom stereocenters. The molecule has 0 unspecified atom stereocenters. The van der Waals surface area contributed by atoms with E-state index in [0.717, 1.165) is 39.2 Å². The molecular weight excluding hydrogens is 342 g/mol. The van der Waals surface area contributed by atoms with Gasteiger partial charge in [0.15, 0.2) is 5.82 Å². The lowest BCUT2D eigenvalue weighted by Gasteiger charge is -2.12. The number of pyridine rings is 1. The summed E-state index contributed by atoms with van der Waals surface area (Å²) in [5.74, 6) is 1.58. The van der Waals surface area contributed by atoms with Crippen LogP contribution < -0.4 is 5.32 Å². The molecule has 0 radical (unpaired) electrons. The van der Waals surface area contributed by atoms with Gasteiger partial charge >= 0.3 is 0 Å². The summed E-state index contributed by atoms with van der Waals surface area (Å²) in [6.07, 6.45) is 1.59. The monoisotopic (exact) mass is 357 g/mol. The van der Waals surface area contributed by atoms with Crippen LogP contribution in [0, 0.1) is 6.92 Å². The topological polar surface area (TPSA) is 66.5 Å². The summed E-state index contributed by atoms with van der Waals surface area (Å²) in [6.45, 7) is 2.09. The predicted molar refractivity (Wildman–Crippen MR) is 107 cm³/mol. The van der Waals surface area contributed by atoms with Crippen LogP contribution in [0.2, 0.25) is 0 Å². The van der Waals surface area contributed by atoms with Gasteiger partial charge in [-0.15, -0.1) is 21.5 Å². The summed E-state index contributed by atoms with van der Waals surface area (Å²) in [4.78, 5) is 8.06. The number of fused-ring (bicyclic) bond motifs is 3. The third-order valence-corrected chi connectivity index (χ3v) is 5.44. The molecule has 3 aromatic heterocycles. The quantitative estimate of drug-likeness (QED) is 0.461. The normalized spacial score (nSPS) is 11.3. The van der Waals surface area contributed by atoms with Gasteiger partial charge in [0, 0.05) is 26.7 Å². The van der Waals surface area contributed by atoms with E-state index >= 15 is 0 Å². The number of hydrogen-bond acceptors (Lipinski definition) is 5. The van der Waals surface area contributed by atoms with Crippen molar-refractivity contribution in [3.05, 3.63) is 65.8 Å². The van der Waals surface area contributed by atoms with Crippen LogP contribution in [0.4, 0.5) is 11.5 Å². The Morgan fingerprint density at radius 2 is 1.92 bits per heavy atom. The SMILES string of the molecule is Cc1ccccc1Nc1nc2c(-c3nnc[nH]3)cccc2c2sccc12. The van der Waals surface area contributed by atoms with Crippen LogP contribution in [0.15, 0.2) is 60.2 Å². The third-order valence-electron chi connectivity index (χ3n) is 4.49. The Morgan fingerprint density at radius 1 is 1.00 bits per heavy atom. The lowest BCUT2D eigenvalue weighted by atomic mass is 10.1. The molecule has 0 saturated heterocycles. The van der Waals surface area contributed by atoms with Gasteiger partial charge in [-0.3, -0.25) is 0 Å². The van der Waals surface area contributed by atoms with Gasteiger partial charge in [-0.1, -0.05) is 30.3 Å². The van der Waals surface area contributed by atoms with Gasteiger partial charge < -0.3 is 10.3 Å². The van der Waals surface area contributed by atoms with E-state index in [-0.39, 0.29) is 0 Å². The molecule has 6 heteroatoms. The van der Waals surface area contributed by atoms with Gasteiger partial charge in [0.2, 0.25) is 0 Å². The summed E-state index contributed by atoms with van der Waals surface area (Å²) in [5, 5.41) is 16.0. The minimum Gasteiger partial charge on any atom is -0.339 e. The van der Waals surface area contributed by atoms with E-state index in [4.69, 9.17) is 4.98 Å². The number of hydrogen-bond donors (Lipinski definition) is 2. The zero-order chi connectivity index (χ0) is 17.5.